The third-order valence-electron chi connectivity index (χ3n) is 3.84. The van der Waals surface area contributed by atoms with Crippen molar-refractivity contribution >= 4 is 11.6 Å². The highest BCUT2D eigenvalue weighted by atomic mass is 16.5. The minimum absolute atomic E-state index is 0.122. The average Bonchev–Trinajstić information content (AvgIpc) is 2.56. The second kappa shape index (κ2) is 8.70. The van der Waals surface area contributed by atoms with Crippen LogP contribution >= 0.6 is 0 Å². The van der Waals surface area contributed by atoms with Crippen molar-refractivity contribution in [3.05, 3.63) is 24.0 Å². The summed E-state index contributed by atoms with van der Waals surface area (Å²) in [5, 5.41) is 6.24. The first-order valence-corrected chi connectivity index (χ1v) is 8.00. The van der Waals surface area contributed by atoms with Gasteiger partial charge in [-0.2, -0.15) is 0 Å². The standard InChI is InChI=1S/C16H26N4O2/c1-3-13(2)19-14-4-5-15(18-12-14)16(21)17-6-7-20-8-10-22-11-9-20/h4-5,12-13,19H,3,6-11H2,1-2H3,(H,17,21). The van der Waals surface area contributed by atoms with Crippen LogP contribution in [0.25, 0.3) is 0 Å². The van der Waals surface area contributed by atoms with Gasteiger partial charge >= 0.3 is 0 Å². The van der Waals surface area contributed by atoms with Crippen LogP contribution in [0.5, 0.6) is 0 Å². The van der Waals surface area contributed by atoms with E-state index in [0.29, 0.717) is 18.3 Å². The molecule has 6 heteroatoms. The molecule has 0 aliphatic carbocycles. The monoisotopic (exact) mass is 306 g/mol. The molecule has 1 fully saturated rings. The van der Waals surface area contributed by atoms with Crippen LogP contribution in [-0.4, -0.2) is 61.2 Å². The van der Waals surface area contributed by atoms with Crippen LogP contribution in [-0.2, 0) is 4.74 Å². The lowest BCUT2D eigenvalue weighted by molar-refractivity contribution is 0.0383. The van der Waals surface area contributed by atoms with Crippen molar-refractivity contribution < 1.29 is 9.53 Å². The van der Waals surface area contributed by atoms with Gasteiger partial charge in [0.25, 0.3) is 5.91 Å². The molecule has 2 rings (SSSR count). The van der Waals surface area contributed by atoms with Crippen LogP contribution in [0, 0.1) is 0 Å². The van der Waals surface area contributed by atoms with E-state index in [-0.39, 0.29) is 5.91 Å². The summed E-state index contributed by atoms with van der Waals surface area (Å²) >= 11 is 0. The van der Waals surface area contributed by atoms with Crippen molar-refractivity contribution in [2.75, 3.05) is 44.7 Å². The number of hydrogen-bond acceptors (Lipinski definition) is 5. The van der Waals surface area contributed by atoms with E-state index in [2.05, 4.69) is 34.4 Å². The Morgan fingerprint density at radius 1 is 1.41 bits per heavy atom. The number of nitrogens with one attached hydrogen (secondary N) is 2. The number of morpholine rings is 1. The smallest absolute Gasteiger partial charge is 0.269 e. The molecule has 1 aliphatic heterocycles. The van der Waals surface area contributed by atoms with Crippen molar-refractivity contribution in [3.8, 4) is 0 Å². The van der Waals surface area contributed by atoms with Gasteiger partial charge in [0.1, 0.15) is 5.69 Å². The van der Waals surface area contributed by atoms with E-state index in [1.165, 1.54) is 0 Å². The number of ether oxygens (including phenoxy) is 1. The Balaban J connectivity index is 1.74. The summed E-state index contributed by atoms with van der Waals surface area (Å²) in [4.78, 5) is 18.6. The Labute approximate surface area is 132 Å². The predicted octanol–water partition coefficient (Wildman–Crippen LogP) is 1.35. The molecule has 1 unspecified atom stereocenters. The molecule has 1 aliphatic rings. The Morgan fingerprint density at radius 3 is 2.82 bits per heavy atom. The van der Waals surface area contributed by atoms with Crippen LogP contribution in [0.2, 0.25) is 0 Å². The fraction of sp³-hybridized carbons (Fsp3) is 0.625. The Morgan fingerprint density at radius 2 is 2.18 bits per heavy atom. The Bertz CT molecular complexity index is 458. The molecule has 122 valence electrons. The zero-order valence-corrected chi connectivity index (χ0v) is 13.5. The summed E-state index contributed by atoms with van der Waals surface area (Å²) in [6.07, 6.45) is 2.76. The summed E-state index contributed by atoms with van der Waals surface area (Å²) < 4.78 is 5.30. The summed E-state index contributed by atoms with van der Waals surface area (Å²) in [5.74, 6) is -0.122. The van der Waals surface area contributed by atoms with Gasteiger partial charge in [-0.3, -0.25) is 9.69 Å². The van der Waals surface area contributed by atoms with Crippen molar-refractivity contribution in [1.82, 2.24) is 15.2 Å². The van der Waals surface area contributed by atoms with Crippen molar-refractivity contribution in [2.24, 2.45) is 0 Å². The molecule has 6 nitrogen and oxygen atoms in total. The highest BCUT2D eigenvalue weighted by Crippen LogP contribution is 2.09. The molecule has 1 atom stereocenters. The summed E-state index contributed by atoms with van der Waals surface area (Å²) in [5.41, 5.74) is 1.40. The molecule has 0 saturated carbocycles. The van der Waals surface area contributed by atoms with E-state index in [4.69, 9.17) is 4.74 Å². The van der Waals surface area contributed by atoms with Gasteiger partial charge in [0.15, 0.2) is 0 Å². The highest BCUT2D eigenvalue weighted by Gasteiger charge is 2.11. The molecule has 1 aromatic heterocycles. The van der Waals surface area contributed by atoms with Gasteiger partial charge in [0.2, 0.25) is 0 Å². The third kappa shape index (κ3) is 5.27. The van der Waals surface area contributed by atoms with Gasteiger partial charge in [-0.25, -0.2) is 4.98 Å². The molecule has 1 saturated heterocycles. The molecule has 1 amide bonds. The van der Waals surface area contributed by atoms with E-state index in [1.54, 1.807) is 12.3 Å². The number of aromatic nitrogens is 1. The minimum atomic E-state index is -0.122. The maximum atomic E-state index is 12.0. The number of amides is 1. The number of rotatable bonds is 7. The summed E-state index contributed by atoms with van der Waals surface area (Å²) in [7, 11) is 0. The maximum Gasteiger partial charge on any atom is 0.269 e. The van der Waals surface area contributed by atoms with E-state index >= 15 is 0 Å². The second-order valence-corrected chi connectivity index (χ2v) is 5.60. The fourth-order valence-electron chi connectivity index (χ4n) is 2.24. The lowest BCUT2D eigenvalue weighted by Crippen LogP contribution is -2.41. The SMILES string of the molecule is CCC(C)Nc1ccc(C(=O)NCCN2CCOCC2)nc1. The Hall–Kier alpha value is -1.66. The van der Waals surface area contributed by atoms with Crippen LogP contribution in [0.3, 0.4) is 0 Å². The number of anilines is 1. The third-order valence-corrected chi connectivity index (χ3v) is 3.84. The van der Waals surface area contributed by atoms with Crippen molar-refractivity contribution in [2.45, 2.75) is 26.3 Å². The zero-order valence-electron chi connectivity index (χ0n) is 13.5. The molecule has 1 aromatic rings. The van der Waals surface area contributed by atoms with Gasteiger partial charge in [-0.15, -0.1) is 0 Å². The molecule has 0 bridgehead atoms. The molecule has 0 radical (unpaired) electrons. The first kappa shape index (κ1) is 16.7. The molecular formula is C16H26N4O2. The number of pyridine rings is 1. The number of carbonyl (C=O) groups excluding carboxylic acids is 1. The average molecular weight is 306 g/mol. The maximum absolute atomic E-state index is 12.0. The first-order chi connectivity index (χ1) is 10.7. The van der Waals surface area contributed by atoms with E-state index in [0.717, 1.165) is 45.0 Å². The number of carbonyl (C=O) groups is 1. The largest absolute Gasteiger partial charge is 0.381 e. The Kier molecular flexibility index (Phi) is 6.61. The lowest BCUT2D eigenvalue weighted by atomic mass is 10.2. The predicted molar refractivity (Wildman–Crippen MR) is 87.2 cm³/mol. The summed E-state index contributed by atoms with van der Waals surface area (Å²) in [6.45, 7) is 9.15. The van der Waals surface area contributed by atoms with Crippen LogP contribution in [0.1, 0.15) is 30.8 Å². The van der Waals surface area contributed by atoms with Gasteiger partial charge in [-0.1, -0.05) is 6.92 Å². The highest BCUT2D eigenvalue weighted by molar-refractivity contribution is 5.92. The summed E-state index contributed by atoms with van der Waals surface area (Å²) in [6, 6.07) is 4.06. The lowest BCUT2D eigenvalue weighted by Gasteiger charge is -2.26. The van der Waals surface area contributed by atoms with Crippen LogP contribution in [0.15, 0.2) is 18.3 Å². The molecule has 0 spiro atoms. The molecule has 2 N–H and O–H groups in total. The molecule has 2 heterocycles. The quantitative estimate of drug-likeness (QED) is 0.796. The molecular weight excluding hydrogens is 280 g/mol. The van der Waals surface area contributed by atoms with Gasteiger partial charge < -0.3 is 15.4 Å². The fourth-order valence-corrected chi connectivity index (χ4v) is 2.24. The van der Waals surface area contributed by atoms with E-state index in [9.17, 15) is 4.79 Å². The van der Waals surface area contributed by atoms with Crippen molar-refractivity contribution in [1.29, 1.82) is 0 Å². The second-order valence-electron chi connectivity index (χ2n) is 5.60. The first-order valence-electron chi connectivity index (χ1n) is 8.00. The minimum Gasteiger partial charge on any atom is -0.381 e. The molecule has 0 aromatic carbocycles. The van der Waals surface area contributed by atoms with Gasteiger partial charge in [0, 0.05) is 32.2 Å². The topological polar surface area (TPSA) is 66.5 Å². The van der Waals surface area contributed by atoms with Gasteiger partial charge in [-0.05, 0) is 25.5 Å². The van der Waals surface area contributed by atoms with E-state index < -0.39 is 0 Å². The number of nitrogens with zero attached hydrogens (tertiary/aromatic N) is 2. The normalized spacial score (nSPS) is 17.0. The molecule has 22 heavy (non-hydrogen) atoms. The number of hydrogen-bond donors (Lipinski definition) is 2. The van der Waals surface area contributed by atoms with Crippen LogP contribution in [0.4, 0.5) is 5.69 Å². The van der Waals surface area contributed by atoms with Gasteiger partial charge in [0.05, 0.1) is 25.1 Å². The van der Waals surface area contributed by atoms with E-state index in [1.807, 2.05) is 6.07 Å². The zero-order chi connectivity index (χ0) is 15.8. The van der Waals surface area contributed by atoms with Crippen LogP contribution < -0.4 is 10.6 Å². The van der Waals surface area contributed by atoms with Crippen molar-refractivity contribution in [3.63, 3.8) is 0 Å².